The number of thiocarbonyl (C=S) groups is 1. The minimum absolute atomic E-state index is 0.276. The molecule has 0 aromatic heterocycles. The van der Waals surface area contributed by atoms with Gasteiger partial charge in [-0.05, 0) is 44.3 Å². The molecule has 1 aliphatic heterocycles. The summed E-state index contributed by atoms with van der Waals surface area (Å²) in [5.74, 6) is 1.51. The first-order valence-electron chi connectivity index (χ1n) is 5.69. The van der Waals surface area contributed by atoms with Gasteiger partial charge < -0.3 is 14.8 Å². The maximum Gasteiger partial charge on any atom is 0.231 e. The smallest absolute Gasteiger partial charge is 0.231 e. The molecule has 2 N–H and O–H groups in total. The fourth-order valence-corrected chi connectivity index (χ4v) is 1.71. The third-order valence-electron chi connectivity index (χ3n) is 2.45. The largest absolute Gasteiger partial charge is 0.454 e. The van der Waals surface area contributed by atoms with E-state index in [0.29, 0.717) is 5.11 Å². The van der Waals surface area contributed by atoms with Crippen molar-refractivity contribution in [3.8, 4) is 11.5 Å². The molecule has 0 saturated heterocycles. The van der Waals surface area contributed by atoms with Gasteiger partial charge in [0.2, 0.25) is 6.79 Å². The summed E-state index contributed by atoms with van der Waals surface area (Å²) >= 11 is 5.03. The molecule has 2 rings (SSSR count). The van der Waals surface area contributed by atoms with Crippen molar-refractivity contribution in [1.82, 2.24) is 10.7 Å². The summed E-state index contributed by atoms with van der Waals surface area (Å²) in [6.45, 7) is 4.92. The number of ether oxygens (including phenoxy) is 2. The number of fused-ring (bicyclic) bond motifs is 1. The number of benzene rings is 1. The van der Waals surface area contributed by atoms with Gasteiger partial charge in [-0.3, -0.25) is 5.43 Å². The quantitative estimate of drug-likeness (QED) is 0.494. The molecule has 18 heavy (non-hydrogen) atoms. The van der Waals surface area contributed by atoms with Crippen LogP contribution in [0.4, 0.5) is 0 Å². The predicted octanol–water partition coefficient (Wildman–Crippen LogP) is 1.62. The molecule has 1 aliphatic rings. The molecular weight excluding hydrogens is 250 g/mol. The molecule has 5 nitrogen and oxygen atoms in total. The maximum atomic E-state index is 5.32. The Morgan fingerprint density at radius 3 is 2.94 bits per heavy atom. The van der Waals surface area contributed by atoms with Crippen LogP contribution in [-0.2, 0) is 0 Å². The zero-order valence-corrected chi connectivity index (χ0v) is 11.1. The van der Waals surface area contributed by atoms with E-state index in [4.69, 9.17) is 21.7 Å². The van der Waals surface area contributed by atoms with E-state index in [1.54, 1.807) is 0 Å². The van der Waals surface area contributed by atoms with E-state index >= 15 is 0 Å². The number of rotatable bonds is 3. The molecule has 0 unspecified atom stereocenters. The second-order valence-corrected chi connectivity index (χ2v) is 4.14. The summed E-state index contributed by atoms with van der Waals surface area (Å²) in [4.78, 5) is 0. The van der Waals surface area contributed by atoms with Crippen LogP contribution >= 0.6 is 12.2 Å². The Hall–Kier alpha value is -1.82. The lowest BCUT2D eigenvalue weighted by Crippen LogP contribution is -2.32. The first-order valence-corrected chi connectivity index (χ1v) is 6.09. The second kappa shape index (κ2) is 5.68. The standard InChI is InChI=1S/C12H15N3O2S/c1-3-13-12(18)15-14-8(2)9-4-5-10-11(6-9)17-7-16-10/h4-6H,3,7H2,1-2H3,(H2,13,15,18)/b14-8+. The molecule has 0 spiro atoms. The van der Waals surface area contributed by atoms with E-state index in [0.717, 1.165) is 29.3 Å². The molecule has 1 aromatic rings. The summed E-state index contributed by atoms with van der Waals surface area (Å²) < 4.78 is 10.6. The molecule has 1 heterocycles. The van der Waals surface area contributed by atoms with Crippen LogP contribution in [0.1, 0.15) is 19.4 Å². The van der Waals surface area contributed by atoms with Crippen molar-refractivity contribution >= 4 is 23.0 Å². The highest BCUT2D eigenvalue weighted by Gasteiger charge is 2.13. The van der Waals surface area contributed by atoms with Gasteiger partial charge in [0.25, 0.3) is 0 Å². The lowest BCUT2D eigenvalue weighted by molar-refractivity contribution is 0.174. The van der Waals surface area contributed by atoms with Crippen molar-refractivity contribution in [3.63, 3.8) is 0 Å². The molecule has 0 fully saturated rings. The number of hydrogen-bond acceptors (Lipinski definition) is 4. The normalized spacial score (nSPS) is 13.3. The Bertz CT molecular complexity index is 488. The lowest BCUT2D eigenvalue weighted by Gasteiger charge is -2.06. The van der Waals surface area contributed by atoms with Crippen LogP contribution in [-0.4, -0.2) is 24.2 Å². The summed E-state index contributed by atoms with van der Waals surface area (Å²) in [6, 6.07) is 5.71. The first-order chi connectivity index (χ1) is 8.70. The highest BCUT2D eigenvalue weighted by Crippen LogP contribution is 2.32. The highest BCUT2D eigenvalue weighted by atomic mass is 32.1. The van der Waals surface area contributed by atoms with Gasteiger partial charge in [-0.15, -0.1) is 0 Å². The van der Waals surface area contributed by atoms with Crippen molar-refractivity contribution in [2.75, 3.05) is 13.3 Å². The Labute approximate surface area is 111 Å². The Balaban J connectivity index is 2.06. The van der Waals surface area contributed by atoms with Crippen LogP contribution in [0.5, 0.6) is 11.5 Å². The second-order valence-electron chi connectivity index (χ2n) is 3.74. The summed E-state index contributed by atoms with van der Waals surface area (Å²) in [5, 5.41) is 7.68. The van der Waals surface area contributed by atoms with E-state index < -0.39 is 0 Å². The Morgan fingerprint density at radius 1 is 1.39 bits per heavy atom. The fourth-order valence-electron chi connectivity index (χ4n) is 1.52. The van der Waals surface area contributed by atoms with Gasteiger partial charge in [0.05, 0.1) is 5.71 Å². The Morgan fingerprint density at radius 2 is 2.17 bits per heavy atom. The number of nitrogens with zero attached hydrogens (tertiary/aromatic N) is 1. The van der Waals surface area contributed by atoms with Gasteiger partial charge in [-0.1, -0.05) is 0 Å². The van der Waals surface area contributed by atoms with Crippen molar-refractivity contribution in [2.24, 2.45) is 5.10 Å². The molecule has 0 radical (unpaired) electrons. The van der Waals surface area contributed by atoms with Gasteiger partial charge in [0.1, 0.15) is 0 Å². The monoisotopic (exact) mass is 265 g/mol. The van der Waals surface area contributed by atoms with Gasteiger partial charge in [0.15, 0.2) is 16.6 Å². The van der Waals surface area contributed by atoms with E-state index in [-0.39, 0.29) is 6.79 Å². The molecule has 1 aromatic carbocycles. The average Bonchev–Trinajstić information content (AvgIpc) is 2.83. The maximum absolute atomic E-state index is 5.32. The lowest BCUT2D eigenvalue weighted by atomic mass is 10.1. The highest BCUT2D eigenvalue weighted by molar-refractivity contribution is 7.80. The van der Waals surface area contributed by atoms with Crippen molar-refractivity contribution < 1.29 is 9.47 Å². The fraction of sp³-hybridized carbons (Fsp3) is 0.333. The summed E-state index contributed by atoms with van der Waals surface area (Å²) in [7, 11) is 0. The minimum atomic E-state index is 0.276. The van der Waals surface area contributed by atoms with Crippen molar-refractivity contribution in [1.29, 1.82) is 0 Å². The number of hydrogen-bond donors (Lipinski definition) is 2. The third kappa shape index (κ3) is 2.89. The molecule has 0 saturated carbocycles. The zero-order valence-electron chi connectivity index (χ0n) is 10.3. The Kier molecular flexibility index (Phi) is 3.99. The first kappa shape index (κ1) is 12.6. The molecule has 0 amide bonds. The summed E-state index contributed by atoms with van der Waals surface area (Å²) in [6.07, 6.45) is 0. The van der Waals surface area contributed by atoms with E-state index in [1.165, 1.54) is 0 Å². The van der Waals surface area contributed by atoms with Gasteiger partial charge in [-0.2, -0.15) is 5.10 Å². The van der Waals surface area contributed by atoms with Gasteiger partial charge in [0, 0.05) is 12.1 Å². The van der Waals surface area contributed by atoms with Crippen LogP contribution in [0.2, 0.25) is 0 Å². The molecule has 6 heteroatoms. The van der Waals surface area contributed by atoms with Crippen LogP contribution in [0.15, 0.2) is 23.3 Å². The van der Waals surface area contributed by atoms with Gasteiger partial charge in [-0.25, -0.2) is 0 Å². The molecular formula is C12H15N3O2S. The molecule has 96 valence electrons. The van der Waals surface area contributed by atoms with Crippen LogP contribution in [0.25, 0.3) is 0 Å². The average molecular weight is 265 g/mol. The molecule has 0 bridgehead atoms. The van der Waals surface area contributed by atoms with Crippen molar-refractivity contribution in [3.05, 3.63) is 23.8 Å². The van der Waals surface area contributed by atoms with E-state index in [2.05, 4.69) is 15.8 Å². The van der Waals surface area contributed by atoms with E-state index in [1.807, 2.05) is 32.0 Å². The SMILES string of the molecule is CCNC(=S)N/N=C(\C)c1ccc2c(c1)OCO2. The molecule has 0 aliphatic carbocycles. The summed E-state index contributed by atoms with van der Waals surface area (Å²) in [5.41, 5.74) is 4.58. The molecule has 0 atom stereocenters. The van der Waals surface area contributed by atoms with Gasteiger partial charge >= 0.3 is 0 Å². The minimum Gasteiger partial charge on any atom is -0.454 e. The predicted molar refractivity (Wildman–Crippen MR) is 74.2 cm³/mol. The zero-order chi connectivity index (χ0) is 13.0. The van der Waals surface area contributed by atoms with Crippen LogP contribution in [0, 0.1) is 0 Å². The third-order valence-corrected chi connectivity index (χ3v) is 2.69. The van der Waals surface area contributed by atoms with Crippen LogP contribution in [0.3, 0.4) is 0 Å². The number of hydrazone groups is 1. The van der Waals surface area contributed by atoms with Crippen molar-refractivity contribution in [2.45, 2.75) is 13.8 Å². The topological polar surface area (TPSA) is 54.9 Å². The van der Waals surface area contributed by atoms with Crippen LogP contribution < -0.4 is 20.2 Å². The number of nitrogens with one attached hydrogen (secondary N) is 2. The van der Waals surface area contributed by atoms with E-state index in [9.17, 15) is 0 Å².